The third-order valence-corrected chi connectivity index (χ3v) is 1.90. The van der Waals surface area contributed by atoms with Crippen molar-refractivity contribution in [1.82, 2.24) is 10.9 Å². The number of hydrogen-bond acceptors (Lipinski definition) is 6. The summed E-state index contributed by atoms with van der Waals surface area (Å²) in [5.41, 5.74) is 7.42. The maximum atomic E-state index is 12.4. The van der Waals surface area contributed by atoms with Crippen molar-refractivity contribution >= 4 is 11.8 Å². The molecule has 0 radical (unpaired) electrons. The Balaban J connectivity index is 2.99. The van der Waals surface area contributed by atoms with Crippen molar-refractivity contribution in [2.45, 2.75) is 6.18 Å². The van der Waals surface area contributed by atoms with E-state index >= 15 is 0 Å². The molecule has 1 rings (SSSR count). The molecule has 0 unspecified atom stereocenters. The number of hydroxylamine groups is 1. The van der Waals surface area contributed by atoms with Crippen molar-refractivity contribution in [2.75, 3.05) is 7.05 Å². The summed E-state index contributed by atoms with van der Waals surface area (Å²) in [5.74, 6) is 0. The first-order valence-corrected chi connectivity index (χ1v) is 5.12. The standard InChI is InChI=1S/C10H11F3N4O3/c1-15-20-9(18)17-16-7(6-2-3-19-5-6)4-8(14)10(11,12)13/h2-5,15H,14H2,1H3,(H,17,18). The molecule has 110 valence electrons. The van der Waals surface area contributed by atoms with Crippen molar-refractivity contribution in [2.24, 2.45) is 10.8 Å². The smallest absolute Gasteiger partial charge is 0.446 e. The van der Waals surface area contributed by atoms with Gasteiger partial charge in [-0.05, 0) is 12.1 Å². The molecule has 10 heteroatoms. The van der Waals surface area contributed by atoms with Gasteiger partial charge in [0.05, 0.1) is 18.2 Å². The molecule has 7 nitrogen and oxygen atoms in total. The van der Waals surface area contributed by atoms with Gasteiger partial charge in [-0.25, -0.2) is 10.2 Å². The molecule has 0 aromatic carbocycles. The first-order valence-electron chi connectivity index (χ1n) is 5.12. The normalized spacial score (nSPS) is 13.2. The van der Waals surface area contributed by atoms with Gasteiger partial charge in [0.2, 0.25) is 0 Å². The topological polar surface area (TPSA) is 102 Å². The summed E-state index contributed by atoms with van der Waals surface area (Å²) in [6.07, 6.45) is -2.79. The predicted octanol–water partition coefficient (Wildman–Crippen LogP) is 1.25. The van der Waals surface area contributed by atoms with E-state index in [9.17, 15) is 18.0 Å². The number of carbonyl (C=O) groups is 1. The Labute approximate surface area is 111 Å². The maximum absolute atomic E-state index is 12.4. The van der Waals surface area contributed by atoms with Crippen molar-refractivity contribution in [1.29, 1.82) is 0 Å². The number of furan rings is 1. The summed E-state index contributed by atoms with van der Waals surface area (Å²) >= 11 is 0. The minimum atomic E-state index is -4.71. The molecule has 20 heavy (non-hydrogen) atoms. The van der Waals surface area contributed by atoms with E-state index < -0.39 is 18.0 Å². The summed E-state index contributed by atoms with van der Waals surface area (Å²) in [6, 6.07) is 1.35. The van der Waals surface area contributed by atoms with Crippen LogP contribution in [0.25, 0.3) is 0 Å². The minimum absolute atomic E-state index is 0.196. The van der Waals surface area contributed by atoms with Gasteiger partial charge in [0.25, 0.3) is 0 Å². The molecule has 0 spiro atoms. The molecule has 1 aromatic heterocycles. The zero-order valence-electron chi connectivity index (χ0n) is 10.2. The molecule has 1 heterocycles. The molecular weight excluding hydrogens is 281 g/mol. The fraction of sp³-hybridized carbons (Fsp3) is 0.200. The highest BCUT2D eigenvalue weighted by Crippen LogP contribution is 2.21. The van der Waals surface area contributed by atoms with E-state index in [0.717, 1.165) is 6.26 Å². The molecule has 0 aliphatic heterocycles. The molecule has 0 aliphatic rings. The highest BCUT2D eigenvalue weighted by Gasteiger charge is 2.31. The van der Waals surface area contributed by atoms with Crippen molar-refractivity contribution < 1.29 is 27.2 Å². The number of carbonyl (C=O) groups excluding carboxylic acids is 1. The van der Waals surface area contributed by atoms with E-state index in [1.807, 2.05) is 5.43 Å². The van der Waals surface area contributed by atoms with Crippen LogP contribution in [0.3, 0.4) is 0 Å². The Hall–Kier alpha value is -2.49. The lowest BCUT2D eigenvalue weighted by atomic mass is 10.2. The summed E-state index contributed by atoms with van der Waals surface area (Å²) < 4.78 is 41.9. The molecule has 0 bridgehead atoms. The van der Waals surface area contributed by atoms with Crippen LogP contribution in [-0.2, 0) is 4.84 Å². The summed E-state index contributed by atoms with van der Waals surface area (Å²) in [5, 5.41) is 3.47. The van der Waals surface area contributed by atoms with Gasteiger partial charge < -0.3 is 15.0 Å². The van der Waals surface area contributed by atoms with E-state index in [0.29, 0.717) is 6.08 Å². The number of amides is 1. The number of alkyl halides is 3. The largest absolute Gasteiger partial charge is 0.472 e. The van der Waals surface area contributed by atoms with Crippen LogP contribution >= 0.6 is 0 Å². The molecule has 1 amide bonds. The van der Waals surface area contributed by atoms with Crippen LogP contribution in [0.2, 0.25) is 0 Å². The fourth-order valence-corrected chi connectivity index (χ4v) is 1.04. The van der Waals surface area contributed by atoms with E-state index in [4.69, 9.17) is 10.2 Å². The zero-order chi connectivity index (χ0) is 15.2. The Morgan fingerprint density at radius 1 is 1.55 bits per heavy atom. The fourth-order valence-electron chi connectivity index (χ4n) is 1.04. The highest BCUT2D eigenvalue weighted by molar-refractivity contribution is 6.09. The van der Waals surface area contributed by atoms with Gasteiger partial charge in [-0.3, -0.25) is 0 Å². The lowest BCUT2D eigenvalue weighted by Gasteiger charge is -2.07. The maximum Gasteiger partial charge on any atom is 0.446 e. The van der Waals surface area contributed by atoms with Crippen LogP contribution in [0.4, 0.5) is 18.0 Å². The number of hydrogen-bond donors (Lipinski definition) is 3. The van der Waals surface area contributed by atoms with Crippen molar-refractivity contribution in [3.63, 3.8) is 0 Å². The molecule has 0 saturated carbocycles. The zero-order valence-corrected chi connectivity index (χ0v) is 10.2. The molecule has 0 saturated heterocycles. The van der Waals surface area contributed by atoms with Gasteiger partial charge in [0, 0.05) is 12.6 Å². The van der Waals surface area contributed by atoms with Gasteiger partial charge in [0.1, 0.15) is 5.70 Å². The average molecular weight is 292 g/mol. The number of nitrogens with zero attached hydrogens (tertiary/aromatic N) is 1. The molecule has 4 N–H and O–H groups in total. The molecule has 0 atom stereocenters. The van der Waals surface area contributed by atoms with Gasteiger partial charge >= 0.3 is 12.3 Å². The van der Waals surface area contributed by atoms with Crippen LogP contribution < -0.4 is 16.6 Å². The van der Waals surface area contributed by atoms with Crippen LogP contribution in [-0.4, -0.2) is 25.0 Å². The van der Waals surface area contributed by atoms with Gasteiger partial charge in [-0.1, -0.05) is 0 Å². The number of allylic oxidation sites excluding steroid dienone is 2. The van der Waals surface area contributed by atoms with Crippen LogP contribution in [0, 0.1) is 0 Å². The summed E-state index contributed by atoms with van der Waals surface area (Å²) in [7, 11) is 1.32. The second kappa shape index (κ2) is 6.61. The number of hydrazone groups is 1. The first-order chi connectivity index (χ1) is 9.34. The second-order valence-electron chi connectivity index (χ2n) is 3.31. The average Bonchev–Trinajstić information content (AvgIpc) is 2.86. The van der Waals surface area contributed by atoms with Crippen LogP contribution in [0.15, 0.2) is 39.9 Å². The Morgan fingerprint density at radius 3 is 2.75 bits per heavy atom. The van der Waals surface area contributed by atoms with Crippen molar-refractivity contribution in [3.8, 4) is 0 Å². The Kier molecular flexibility index (Phi) is 5.15. The first kappa shape index (κ1) is 15.6. The van der Waals surface area contributed by atoms with E-state index in [2.05, 4.69) is 15.4 Å². The van der Waals surface area contributed by atoms with Gasteiger partial charge in [-0.2, -0.15) is 23.8 Å². The number of nitrogens with one attached hydrogen (secondary N) is 2. The third kappa shape index (κ3) is 4.65. The number of nitrogens with two attached hydrogens (primary N) is 1. The molecular formula is C10H11F3N4O3. The van der Waals surface area contributed by atoms with Crippen LogP contribution in [0.5, 0.6) is 0 Å². The summed E-state index contributed by atoms with van der Waals surface area (Å²) in [6.45, 7) is 0. The summed E-state index contributed by atoms with van der Waals surface area (Å²) in [4.78, 5) is 15.3. The SMILES string of the molecule is CNOC(=O)NN=C(C=C(N)C(F)(F)F)c1ccoc1. The van der Waals surface area contributed by atoms with E-state index in [1.54, 1.807) is 0 Å². The lowest BCUT2D eigenvalue weighted by Crippen LogP contribution is -2.26. The Bertz CT molecular complexity index is 508. The quantitative estimate of drug-likeness (QED) is 0.572. The van der Waals surface area contributed by atoms with E-state index in [1.165, 1.54) is 19.4 Å². The molecule has 0 fully saturated rings. The predicted molar refractivity (Wildman–Crippen MR) is 62.2 cm³/mol. The van der Waals surface area contributed by atoms with E-state index in [-0.39, 0.29) is 11.3 Å². The highest BCUT2D eigenvalue weighted by atomic mass is 19.4. The number of rotatable bonds is 4. The van der Waals surface area contributed by atoms with Crippen LogP contribution in [0.1, 0.15) is 5.56 Å². The molecule has 0 aliphatic carbocycles. The second-order valence-corrected chi connectivity index (χ2v) is 3.31. The lowest BCUT2D eigenvalue weighted by molar-refractivity contribution is -0.0925. The number of halogens is 3. The molecule has 1 aromatic rings. The van der Waals surface area contributed by atoms with Gasteiger partial charge in [0.15, 0.2) is 0 Å². The monoisotopic (exact) mass is 292 g/mol. The third-order valence-electron chi connectivity index (χ3n) is 1.90. The Morgan fingerprint density at radius 2 is 2.25 bits per heavy atom. The van der Waals surface area contributed by atoms with Gasteiger partial charge in [-0.15, -0.1) is 0 Å². The minimum Gasteiger partial charge on any atom is -0.472 e. The van der Waals surface area contributed by atoms with Crippen molar-refractivity contribution in [3.05, 3.63) is 35.9 Å².